The summed E-state index contributed by atoms with van der Waals surface area (Å²) in [5.74, 6) is 0.231. The minimum atomic E-state index is 0.0161. The van der Waals surface area contributed by atoms with Gasteiger partial charge in [0.1, 0.15) is 0 Å². The number of amides is 1. The van der Waals surface area contributed by atoms with Crippen LogP contribution in [0, 0.1) is 0 Å². The molecule has 3 rings (SSSR count). The Balaban J connectivity index is 0.000000236. The highest BCUT2D eigenvalue weighted by Crippen LogP contribution is 2.29. The lowest BCUT2D eigenvalue weighted by Gasteiger charge is -2.20. The summed E-state index contributed by atoms with van der Waals surface area (Å²) in [6.07, 6.45) is 1.30. The number of hydrogen-bond donors (Lipinski definition) is 2. The van der Waals surface area contributed by atoms with Crippen LogP contribution in [-0.2, 0) is 4.79 Å². The molecule has 0 saturated carbocycles. The largest absolute Gasteiger partial charge is 0.399 e. The number of nitrogen functional groups attached to an aromatic ring is 1. The molecule has 1 unspecified atom stereocenters. The second-order valence-corrected chi connectivity index (χ2v) is 7.06. The van der Waals surface area contributed by atoms with Crippen molar-refractivity contribution in [3.8, 4) is 0 Å². The summed E-state index contributed by atoms with van der Waals surface area (Å²) in [4.78, 5) is 13.6. The highest BCUT2D eigenvalue weighted by atomic mass is 35.5. The smallest absolute Gasteiger partial charge is 0.222 e. The van der Waals surface area contributed by atoms with Gasteiger partial charge in [0.2, 0.25) is 5.91 Å². The highest BCUT2D eigenvalue weighted by Gasteiger charge is 2.28. The molecule has 6 heteroatoms. The lowest BCUT2D eigenvalue weighted by Crippen LogP contribution is -2.28. The lowest BCUT2D eigenvalue weighted by atomic mass is 9.88. The molecule has 1 heterocycles. The zero-order valence-electron chi connectivity index (χ0n) is 14.2. The first-order valence-electron chi connectivity index (χ1n) is 8.13. The minimum Gasteiger partial charge on any atom is -0.399 e. The summed E-state index contributed by atoms with van der Waals surface area (Å²) in [6.45, 7) is 0.733. The molecule has 2 aromatic rings. The van der Waals surface area contributed by atoms with E-state index in [9.17, 15) is 4.79 Å². The van der Waals surface area contributed by atoms with Crippen LogP contribution in [0.3, 0.4) is 0 Å². The Morgan fingerprint density at radius 1 is 1.08 bits per heavy atom. The molecule has 4 N–H and O–H groups in total. The van der Waals surface area contributed by atoms with Gasteiger partial charge in [-0.15, -0.1) is 0 Å². The second kappa shape index (κ2) is 9.09. The maximum Gasteiger partial charge on any atom is 0.222 e. The Kier molecular flexibility index (Phi) is 7.12. The van der Waals surface area contributed by atoms with Crippen molar-refractivity contribution < 1.29 is 4.79 Å². The number of carbonyl (C=O) groups is 1. The van der Waals surface area contributed by atoms with Crippen molar-refractivity contribution in [2.75, 3.05) is 19.3 Å². The van der Waals surface area contributed by atoms with Crippen LogP contribution >= 0.6 is 23.2 Å². The summed E-state index contributed by atoms with van der Waals surface area (Å²) in [5.41, 5.74) is 13.3. The van der Waals surface area contributed by atoms with Crippen molar-refractivity contribution in [1.82, 2.24) is 4.90 Å². The third-order valence-electron chi connectivity index (χ3n) is 4.26. The molecule has 1 amide bonds. The summed E-state index contributed by atoms with van der Waals surface area (Å²) in [7, 11) is 1.83. The van der Waals surface area contributed by atoms with E-state index in [1.165, 1.54) is 0 Å². The Labute approximate surface area is 158 Å². The standard InChI is InChI=1S/C13H17ClN2O.C6H6ClN/c1-16-6-5-12(15)11(8-13(16)17)9-3-2-4-10(14)7-9;7-5-2-1-3-6(8)4-5/h2-4,7,11-12H,5-6,8,15H2,1H3;1-4H,8H2/t11-,12?;/m0./s1. The number of benzene rings is 2. The van der Waals surface area contributed by atoms with Crippen LogP contribution in [0.25, 0.3) is 0 Å². The van der Waals surface area contributed by atoms with Gasteiger partial charge in [-0.3, -0.25) is 4.79 Å². The summed E-state index contributed by atoms with van der Waals surface area (Å²) >= 11 is 11.5. The maximum absolute atomic E-state index is 11.9. The van der Waals surface area contributed by atoms with Gasteiger partial charge >= 0.3 is 0 Å². The number of hydrogen-bond acceptors (Lipinski definition) is 3. The summed E-state index contributed by atoms with van der Waals surface area (Å²) in [5, 5.41) is 1.38. The van der Waals surface area contributed by atoms with E-state index in [4.69, 9.17) is 34.7 Å². The summed E-state index contributed by atoms with van der Waals surface area (Å²) in [6, 6.07) is 14.8. The molecule has 2 aromatic carbocycles. The van der Waals surface area contributed by atoms with E-state index in [0.29, 0.717) is 22.2 Å². The second-order valence-electron chi connectivity index (χ2n) is 6.19. The Morgan fingerprint density at radius 3 is 2.28 bits per heavy atom. The van der Waals surface area contributed by atoms with E-state index < -0.39 is 0 Å². The molecule has 0 radical (unpaired) electrons. The maximum atomic E-state index is 11.9. The quantitative estimate of drug-likeness (QED) is 0.737. The molecule has 0 spiro atoms. The zero-order chi connectivity index (χ0) is 18.4. The number of likely N-dealkylation sites (tertiary alicyclic amines) is 1. The first-order chi connectivity index (χ1) is 11.9. The fourth-order valence-corrected chi connectivity index (χ4v) is 3.17. The highest BCUT2D eigenvalue weighted by molar-refractivity contribution is 6.31. The molecule has 1 aliphatic heterocycles. The normalized spacial score (nSPS) is 20.5. The molecule has 1 fully saturated rings. The predicted molar refractivity (Wildman–Crippen MR) is 105 cm³/mol. The van der Waals surface area contributed by atoms with Crippen LogP contribution in [-0.4, -0.2) is 30.4 Å². The van der Waals surface area contributed by atoms with Crippen molar-refractivity contribution in [3.05, 3.63) is 64.1 Å². The number of halogens is 2. The van der Waals surface area contributed by atoms with Gasteiger partial charge in [0.05, 0.1) is 0 Å². The number of nitrogens with zero attached hydrogens (tertiary/aromatic N) is 1. The molecule has 1 saturated heterocycles. The molecule has 4 nitrogen and oxygen atoms in total. The summed E-state index contributed by atoms with van der Waals surface area (Å²) < 4.78 is 0. The molecule has 0 aromatic heterocycles. The molecule has 134 valence electrons. The van der Waals surface area contributed by atoms with Gasteiger partial charge in [0, 0.05) is 47.7 Å². The van der Waals surface area contributed by atoms with Crippen molar-refractivity contribution in [1.29, 1.82) is 0 Å². The minimum absolute atomic E-state index is 0.0161. The van der Waals surface area contributed by atoms with E-state index >= 15 is 0 Å². The Hall–Kier alpha value is -1.75. The van der Waals surface area contributed by atoms with Gasteiger partial charge < -0.3 is 16.4 Å². The van der Waals surface area contributed by atoms with E-state index in [1.807, 2.05) is 37.4 Å². The van der Waals surface area contributed by atoms with E-state index in [-0.39, 0.29) is 17.9 Å². The molecule has 25 heavy (non-hydrogen) atoms. The van der Waals surface area contributed by atoms with Crippen LogP contribution < -0.4 is 11.5 Å². The zero-order valence-corrected chi connectivity index (χ0v) is 15.7. The third kappa shape index (κ3) is 5.92. The van der Waals surface area contributed by atoms with Gasteiger partial charge in [-0.25, -0.2) is 0 Å². The average molecular weight is 380 g/mol. The first kappa shape index (κ1) is 19.6. The monoisotopic (exact) mass is 379 g/mol. The van der Waals surface area contributed by atoms with Crippen molar-refractivity contribution in [2.45, 2.75) is 24.8 Å². The molecular weight excluding hydrogens is 357 g/mol. The van der Waals surface area contributed by atoms with Gasteiger partial charge in [0.25, 0.3) is 0 Å². The fourth-order valence-electron chi connectivity index (χ4n) is 2.77. The topological polar surface area (TPSA) is 72.3 Å². The average Bonchev–Trinajstić information content (AvgIpc) is 2.69. The first-order valence-corrected chi connectivity index (χ1v) is 8.88. The molecule has 0 aliphatic carbocycles. The number of rotatable bonds is 1. The van der Waals surface area contributed by atoms with Crippen LogP contribution in [0.15, 0.2) is 48.5 Å². The van der Waals surface area contributed by atoms with Crippen LogP contribution in [0.2, 0.25) is 10.0 Å². The van der Waals surface area contributed by atoms with Crippen molar-refractivity contribution >= 4 is 34.8 Å². The van der Waals surface area contributed by atoms with E-state index in [0.717, 1.165) is 18.5 Å². The molecular formula is C19H23Cl2N3O. The van der Waals surface area contributed by atoms with E-state index in [1.54, 1.807) is 23.1 Å². The van der Waals surface area contributed by atoms with Gasteiger partial charge in [-0.1, -0.05) is 41.4 Å². The lowest BCUT2D eigenvalue weighted by molar-refractivity contribution is -0.129. The number of nitrogens with two attached hydrogens (primary N) is 2. The number of anilines is 1. The Bertz CT molecular complexity index is 706. The molecule has 0 bridgehead atoms. The van der Waals surface area contributed by atoms with Crippen LogP contribution in [0.1, 0.15) is 24.3 Å². The third-order valence-corrected chi connectivity index (χ3v) is 4.73. The molecule has 2 atom stereocenters. The number of carbonyl (C=O) groups excluding carboxylic acids is 1. The van der Waals surface area contributed by atoms with Crippen LogP contribution in [0.5, 0.6) is 0 Å². The molecule has 1 aliphatic rings. The van der Waals surface area contributed by atoms with Gasteiger partial charge in [-0.2, -0.15) is 0 Å². The predicted octanol–water partition coefficient (Wildman–Crippen LogP) is 3.93. The van der Waals surface area contributed by atoms with Crippen molar-refractivity contribution in [3.63, 3.8) is 0 Å². The van der Waals surface area contributed by atoms with E-state index in [2.05, 4.69) is 0 Å². The van der Waals surface area contributed by atoms with Gasteiger partial charge in [0.15, 0.2) is 0 Å². The SMILES string of the molecule is CN1CCC(N)[C@H](c2cccc(Cl)c2)CC1=O.Nc1cccc(Cl)c1. The van der Waals surface area contributed by atoms with Gasteiger partial charge in [-0.05, 0) is 42.3 Å². The fraction of sp³-hybridized carbons (Fsp3) is 0.316. The van der Waals surface area contributed by atoms with Crippen molar-refractivity contribution in [2.24, 2.45) is 5.73 Å². The van der Waals surface area contributed by atoms with Crippen LogP contribution in [0.4, 0.5) is 5.69 Å². The Morgan fingerprint density at radius 2 is 1.72 bits per heavy atom.